The topological polar surface area (TPSA) is 77.5 Å². The average Bonchev–Trinajstić information content (AvgIpc) is 2.91. The molecule has 0 atom stereocenters. The number of anilines is 1. The number of fused-ring (bicyclic) bond motifs is 1. The SMILES string of the molecule is Cc1nc2ccccc2n1CCN=C(N)Nc1ccccc1OC(F)(F)F. The first-order valence-electron chi connectivity index (χ1n) is 8.17. The molecule has 0 amide bonds. The van der Waals surface area contributed by atoms with Crippen LogP contribution in [0.3, 0.4) is 0 Å². The van der Waals surface area contributed by atoms with E-state index in [-0.39, 0.29) is 17.4 Å². The summed E-state index contributed by atoms with van der Waals surface area (Å²) in [5, 5.41) is 2.64. The number of imidazole rings is 1. The summed E-state index contributed by atoms with van der Waals surface area (Å²) < 4.78 is 43.4. The summed E-state index contributed by atoms with van der Waals surface area (Å²) in [4.78, 5) is 8.65. The fourth-order valence-corrected chi connectivity index (χ4v) is 2.71. The van der Waals surface area contributed by atoms with E-state index in [4.69, 9.17) is 5.73 Å². The van der Waals surface area contributed by atoms with E-state index in [0.717, 1.165) is 16.9 Å². The van der Waals surface area contributed by atoms with Gasteiger partial charge in [0.2, 0.25) is 0 Å². The summed E-state index contributed by atoms with van der Waals surface area (Å²) in [5.41, 5.74) is 7.77. The Morgan fingerprint density at radius 3 is 2.67 bits per heavy atom. The van der Waals surface area contributed by atoms with Crippen molar-refractivity contribution < 1.29 is 17.9 Å². The zero-order chi connectivity index (χ0) is 19.4. The van der Waals surface area contributed by atoms with Crippen LogP contribution in [0.15, 0.2) is 53.5 Å². The molecule has 0 aliphatic carbocycles. The molecule has 3 aromatic rings. The van der Waals surface area contributed by atoms with Crippen molar-refractivity contribution in [3.05, 3.63) is 54.4 Å². The minimum atomic E-state index is -4.79. The van der Waals surface area contributed by atoms with Gasteiger partial charge in [-0.3, -0.25) is 4.99 Å². The maximum atomic E-state index is 12.5. The van der Waals surface area contributed by atoms with E-state index >= 15 is 0 Å². The summed E-state index contributed by atoms with van der Waals surface area (Å²) in [6, 6.07) is 13.4. The molecule has 0 aliphatic rings. The Morgan fingerprint density at radius 1 is 1.19 bits per heavy atom. The highest BCUT2D eigenvalue weighted by Crippen LogP contribution is 2.29. The molecule has 1 aromatic heterocycles. The Morgan fingerprint density at radius 2 is 1.89 bits per heavy atom. The standard InChI is InChI=1S/C18H18F3N5O/c1-12-24-13-6-2-4-8-15(13)26(12)11-10-23-17(22)25-14-7-3-5-9-16(14)27-18(19,20)21/h2-9H,10-11H2,1H3,(H3,22,23,25). The van der Waals surface area contributed by atoms with Crippen LogP contribution in [0.5, 0.6) is 5.75 Å². The number of nitrogens with one attached hydrogen (secondary N) is 1. The highest BCUT2D eigenvalue weighted by atomic mass is 19.4. The number of nitrogens with two attached hydrogens (primary N) is 1. The van der Waals surface area contributed by atoms with Crippen molar-refractivity contribution in [1.29, 1.82) is 0 Å². The van der Waals surface area contributed by atoms with Gasteiger partial charge in [-0.2, -0.15) is 0 Å². The van der Waals surface area contributed by atoms with Crippen molar-refractivity contribution in [2.75, 3.05) is 11.9 Å². The Kier molecular flexibility index (Phi) is 5.20. The molecule has 0 spiro atoms. The lowest BCUT2D eigenvalue weighted by molar-refractivity contribution is -0.274. The van der Waals surface area contributed by atoms with Gasteiger partial charge in [-0.25, -0.2) is 4.98 Å². The van der Waals surface area contributed by atoms with Crippen LogP contribution in [-0.2, 0) is 6.54 Å². The molecule has 0 bridgehead atoms. The first kappa shape index (κ1) is 18.6. The summed E-state index contributed by atoms with van der Waals surface area (Å²) in [5.74, 6) is 0.469. The van der Waals surface area contributed by atoms with Crippen molar-refractivity contribution in [1.82, 2.24) is 9.55 Å². The number of hydrogen-bond acceptors (Lipinski definition) is 3. The largest absolute Gasteiger partial charge is 0.573 e. The third-order valence-electron chi connectivity index (χ3n) is 3.83. The van der Waals surface area contributed by atoms with Gasteiger partial charge in [-0.15, -0.1) is 13.2 Å². The molecule has 27 heavy (non-hydrogen) atoms. The van der Waals surface area contributed by atoms with Gasteiger partial charge in [0.25, 0.3) is 0 Å². The van der Waals surface area contributed by atoms with Crippen LogP contribution in [0.25, 0.3) is 11.0 Å². The van der Waals surface area contributed by atoms with Crippen molar-refractivity contribution in [3.8, 4) is 5.75 Å². The molecule has 0 aliphatic heterocycles. The Hall–Kier alpha value is -3.23. The van der Waals surface area contributed by atoms with Crippen LogP contribution in [0.1, 0.15) is 5.82 Å². The van der Waals surface area contributed by atoms with Gasteiger partial charge in [0.05, 0.1) is 23.3 Å². The number of ether oxygens (including phenoxy) is 1. The third-order valence-corrected chi connectivity index (χ3v) is 3.83. The predicted octanol–water partition coefficient (Wildman–Crippen LogP) is 3.67. The highest BCUT2D eigenvalue weighted by molar-refractivity contribution is 5.93. The summed E-state index contributed by atoms with van der Waals surface area (Å²) >= 11 is 0. The molecule has 0 saturated carbocycles. The van der Waals surface area contributed by atoms with Gasteiger partial charge in [-0.05, 0) is 31.2 Å². The van der Waals surface area contributed by atoms with Gasteiger partial charge in [0.15, 0.2) is 11.7 Å². The van der Waals surface area contributed by atoms with E-state index in [1.807, 2.05) is 35.8 Å². The molecule has 6 nitrogen and oxygen atoms in total. The minimum absolute atomic E-state index is 0.00435. The summed E-state index contributed by atoms with van der Waals surface area (Å²) in [7, 11) is 0. The van der Waals surface area contributed by atoms with E-state index in [1.54, 1.807) is 6.07 Å². The first-order valence-corrected chi connectivity index (χ1v) is 8.17. The van der Waals surface area contributed by atoms with Gasteiger partial charge in [0, 0.05) is 6.54 Å². The molecule has 3 N–H and O–H groups in total. The number of benzene rings is 2. The molecule has 142 valence electrons. The van der Waals surface area contributed by atoms with Crippen LogP contribution in [0.4, 0.5) is 18.9 Å². The maximum absolute atomic E-state index is 12.5. The van der Waals surface area contributed by atoms with Crippen molar-refractivity contribution in [2.24, 2.45) is 10.7 Å². The number of nitrogens with zero attached hydrogens (tertiary/aromatic N) is 3. The zero-order valence-corrected chi connectivity index (χ0v) is 14.5. The molecule has 0 unspecified atom stereocenters. The van der Waals surface area contributed by atoms with Gasteiger partial charge >= 0.3 is 6.36 Å². The quantitative estimate of drug-likeness (QED) is 0.525. The number of para-hydroxylation sites is 4. The second-order valence-electron chi connectivity index (χ2n) is 5.74. The number of aryl methyl sites for hydroxylation is 1. The first-order chi connectivity index (χ1) is 12.8. The average molecular weight is 377 g/mol. The van der Waals surface area contributed by atoms with Gasteiger partial charge in [-0.1, -0.05) is 24.3 Å². The zero-order valence-electron chi connectivity index (χ0n) is 14.5. The van der Waals surface area contributed by atoms with Crippen LogP contribution in [0.2, 0.25) is 0 Å². The number of guanidine groups is 1. The number of alkyl halides is 3. The van der Waals surface area contributed by atoms with Crippen molar-refractivity contribution in [2.45, 2.75) is 19.8 Å². The van der Waals surface area contributed by atoms with Gasteiger partial charge in [0.1, 0.15) is 5.82 Å². The lowest BCUT2D eigenvalue weighted by Gasteiger charge is -2.14. The molecule has 0 radical (unpaired) electrons. The van der Waals surface area contributed by atoms with E-state index in [2.05, 4.69) is 20.0 Å². The van der Waals surface area contributed by atoms with E-state index in [0.29, 0.717) is 13.1 Å². The van der Waals surface area contributed by atoms with E-state index in [1.165, 1.54) is 18.2 Å². The highest BCUT2D eigenvalue weighted by Gasteiger charge is 2.32. The van der Waals surface area contributed by atoms with Gasteiger partial charge < -0.3 is 20.4 Å². The molecular formula is C18H18F3N5O. The molecule has 0 fully saturated rings. The minimum Gasteiger partial charge on any atom is -0.404 e. The number of halogens is 3. The number of hydrogen-bond donors (Lipinski definition) is 2. The second-order valence-corrected chi connectivity index (χ2v) is 5.74. The van der Waals surface area contributed by atoms with E-state index in [9.17, 15) is 13.2 Å². The maximum Gasteiger partial charge on any atom is 0.573 e. The Balaban J connectivity index is 1.68. The smallest absolute Gasteiger partial charge is 0.404 e. The predicted molar refractivity (Wildman–Crippen MR) is 97.7 cm³/mol. The lowest BCUT2D eigenvalue weighted by atomic mass is 10.3. The van der Waals surface area contributed by atoms with Crippen LogP contribution >= 0.6 is 0 Å². The summed E-state index contributed by atoms with van der Waals surface area (Å²) in [6.07, 6.45) is -4.79. The van der Waals surface area contributed by atoms with Crippen LogP contribution in [0, 0.1) is 6.92 Å². The van der Waals surface area contributed by atoms with Crippen LogP contribution in [-0.4, -0.2) is 28.4 Å². The monoisotopic (exact) mass is 377 g/mol. The number of aliphatic imine (C=N–C) groups is 1. The Bertz CT molecular complexity index is 965. The van der Waals surface area contributed by atoms with Crippen molar-refractivity contribution in [3.63, 3.8) is 0 Å². The molecular weight excluding hydrogens is 359 g/mol. The molecule has 2 aromatic carbocycles. The third kappa shape index (κ3) is 4.69. The normalized spacial score (nSPS) is 12.4. The number of aromatic nitrogens is 2. The van der Waals surface area contributed by atoms with Crippen molar-refractivity contribution >= 4 is 22.7 Å². The second kappa shape index (κ2) is 7.56. The van der Waals surface area contributed by atoms with E-state index < -0.39 is 6.36 Å². The lowest BCUT2D eigenvalue weighted by Crippen LogP contribution is -2.25. The fourth-order valence-electron chi connectivity index (χ4n) is 2.71. The Labute approximate surface area is 153 Å². The number of rotatable bonds is 5. The molecule has 9 heteroatoms. The fraction of sp³-hybridized carbons (Fsp3) is 0.222. The molecule has 3 rings (SSSR count). The van der Waals surface area contributed by atoms with Crippen LogP contribution < -0.4 is 15.8 Å². The molecule has 0 saturated heterocycles. The molecule has 1 heterocycles. The summed E-state index contributed by atoms with van der Waals surface area (Å²) in [6.45, 7) is 2.77.